The van der Waals surface area contributed by atoms with Gasteiger partial charge in [0.1, 0.15) is 0 Å². The molecule has 2 aliphatic heterocycles. The van der Waals surface area contributed by atoms with E-state index in [1.165, 1.54) is 9.80 Å². The third kappa shape index (κ3) is 3.73. The second-order valence-corrected chi connectivity index (χ2v) is 9.57. The molecule has 0 bridgehead atoms. The predicted molar refractivity (Wildman–Crippen MR) is 140 cm³/mol. The van der Waals surface area contributed by atoms with Gasteiger partial charge in [0.15, 0.2) is 0 Å². The molecule has 0 fully saturated rings. The number of aryl methyl sites for hydroxylation is 1. The molecule has 2 heterocycles. The molecular weight excluding hydrogens is 464 g/mol. The minimum atomic E-state index is -0.404. The molecule has 182 valence electrons. The van der Waals surface area contributed by atoms with E-state index in [4.69, 9.17) is 0 Å². The van der Waals surface area contributed by atoms with Crippen molar-refractivity contribution in [2.75, 3.05) is 13.1 Å². The summed E-state index contributed by atoms with van der Waals surface area (Å²) in [5, 5.41) is 0.808. The number of carbonyl (C=O) groups is 4. The second-order valence-electron chi connectivity index (χ2n) is 9.57. The number of carbonyl (C=O) groups excluding carboxylic acids is 4. The normalized spacial score (nSPS) is 14.6. The lowest BCUT2D eigenvalue weighted by atomic mass is 9.85. The summed E-state index contributed by atoms with van der Waals surface area (Å²) in [5.41, 5.74) is 4.57. The van der Waals surface area contributed by atoms with E-state index in [0.29, 0.717) is 45.9 Å². The maximum absolute atomic E-state index is 13.4. The fourth-order valence-electron chi connectivity index (χ4n) is 5.37. The van der Waals surface area contributed by atoms with Crippen LogP contribution in [0.4, 0.5) is 0 Å². The fraction of sp³-hybridized carbons (Fsp3) is 0.161. The first kappa shape index (κ1) is 22.9. The maximum Gasteiger partial charge on any atom is 0.261 e. The van der Waals surface area contributed by atoms with E-state index < -0.39 is 23.6 Å². The highest BCUT2D eigenvalue weighted by atomic mass is 16.2. The average Bonchev–Trinajstić information content (AvgIpc) is 2.91. The fourth-order valence-corrected chi connectivity index (χ4v) is 5.37. The molecule has 6 rings (SSSR count). The van der Waals surface area contributed by atoms with Crippen LogP contribution >= 0.6 is 0 Å². The molecule has 4 amide bonds. The summed E-state index contributed by atoms with van der Waals surface area (Å²) in [6.07, 6.45) is 1.08. The molecule has 0 aliphatic carbocycles. The molecule has 0 saturated carbocycles. The topological polar surface area (TPSA) is 74.8 Å². The van der Waals surface area contributed by atoms with E-state index in [1.54, 1.807) is 24.3 Å². The zero-order valence-electron chi connectivity index (χ0n) is 20.4. The van der Waals surface area contributed by atoms with Gasteiger partial charge in [-0.05, 0) is 55.2 Å². The number of rotatable bonds is 6. The minimum absolute atomic E-state index is 0.247. The average molecular weight is 489 g/mol. The van der Waals surface area contributed by atoms with Crippen molar-refractivity contribution in [3.63, 3.8) is 0 Å². The van der Waals surface area contributed by atoms with E-state index in [2.05, 4.69) is 0 Å². The maximum atomic E-state index is 13.4. The van der Waals surface area contributed by atoms with Gasteiger partial charge in [0.2, 0.25) is 0 Å². The van der Waals surface area contributed by atoms with Crippen molar-refractivity contribution in [1.29, 1.82) is 0 Å². The van der Waals surface area contributed by atoms with Crippen molar-refractivity contribution in [2.24, 2.45) is 0 Å². The van der Waals surface area contributed by atoms with Crippen LogP contribution in [-0.4, -0.2) is 46.5 Å². The third-order valence-corrected chi connectivity index (χ3v) is 7.24. The second kappa shape index (κ2) is 8.82. The van der Waals surface area contributed by atoms with Crippen LogP contribution in [0.5, 0.6) is 0 Å². The summed E-state index contributed by atoms with van der Waals surface area (Å²) in [4.78, 5) is 56.2. The summed E-state index contributed by atoms with van der Waals surface area (Å²) in [6, 6.07) is 24.1. The molecule has 0 radical (unpaired) electrons. The summed E-state index contributed by atoms with van der Waals surface area (Å²) in [7, 11) is 0. The Morgan fingerprint density at radius 2 is 0.946 bits per heavy atom. The Morgan fingerprint density at radius 1 is 0.514 bits per heavy atom. The van der Waals surface area contributed by atoms with E-state index in [1.807, 2.05) is 61.5 Å². The lowest BCUT2D eigenvalue weighted by molar-refractivity contribution is 0.0590. The smallest absolute Gasteiger partial charge is 0.261 e. The number of benzene rings is 4. The first-order chi connectivity index (χ1) is 17.9. The van der Waals surface area contributed by atoms with Crippen LogP contribution in [0.1, 0.15) is 58.1 Å². The molecule has 6 nitrogen and oxygen atoms in total. The highest BCUT2D eigenvalue weighted by molar-refractivity contribution is 6.33. The first-order valence-electron chi connectivity index (χ1n) is 12.4. The molecule has 0 atom stereocenters. The molecule has 0 N–H and O–H groups in total. The number of amides is 4. The highest BCUT2D eigenvalue weighted by Crippen LogP contribution is 2.38. The Hall–Kier alpha value is -4.58. The highest BCUT2D eigenvalue weighted by Gasteiger charge is 2.39. The summed E-state index contributed by atoms with van der Waals surface area (Å²) < 4.78 is 0. The van der Waals surface area contributed by atoms with Crippen LogP contribution in [-0.2, 0) is 12.8 Å². The van der Waals surface area contributed by atoms with Crippen molar-refractivity contribution in [1.82, 2.24) is 9.80 Å². The Bertz CT molecular complexity index is 1550. The van der Waals surface area contributed by atoms with E-state index >= 15 is 0 Å². The molecule has 37 heavy (non-hydrogen) atoms. The van der Waals surface area contributed by atoms with Crippen molar-refractivity contribution in [3.05, 3.63) is 118 Å². The lowest BCUT2D eigenvalue weighted by Crippen LogP contribution is -2.44. The zero-order valence-corrected chi connectivity index (χ0v) is 20.4. The van der Waals surface area contributed by atoms with Gasteiger partial charge in [-0.3, -0.25) is 29.0 Å². The van der Waals surface area contributed by atoms with Crippen LogP contribution < -0.4 is 0 Å². The first-order valence-corrected chi connectivity index (χ1v) is 12.4. The minimum Gasteiger partial charge on any atom is -0.274 e. The van der Waals surface area contributed by atoms with Gasteiger partial charge in [0.25, 0.3) is 23.6 Å². The van der Waals surface area contributed by atoms with Gasteiger partial charge < -0.3 is 0 Å². The van der Waals surface area contributed by atoms with E-state index in [9.17, 15) is 19.2 Å². The molecule has 6 heteroatoms. The molecule has 4 aromatic rings. The third-order valence-electron chi connectivity index (χ3n) is 7.24. The molecule has 0 unspecified atom stereocenters. The molecule has 4 aromatic carbocycles. The lowest BCUT2D eigenvalue weighted by Gasteiger charge is -2.32. The standard InChI is InChI=1S/C31H24N2O4/c1-19-6-5-9-21(18-19)15-17-33-30(36)24-12-10-22-26-23(11-13-25(27(24)26)31(33)37)29(35)32(28(22)34)16-14-20-7-3-2-4-8-20/h2-13,18H,14-17H2,1H3. The number of imide groups is 2. The largest absolute Gasteiger partial charge is 0.274 e. The number of hydrogen-bond acceptors (Lipinski definition) is 4. The van der Waals surface area contributed by atoms with E-state index in [-0.39, 0.29) is 13.1 Å². The number of nitrogens with zero attached hydrogens (tertiary/aromatic N) is 2. The molecule has 0 aromatic heterocycles. The summed E-state index contributed by atoms with van der Waals surface area (Å²) >= 11 is 0. The quantitative estimate of drug-likeness (QED) is 0.365. The van der Waals surface area contributed by atoms with Gasteiger partial charge >= 0.3 is 0 Å². The molecule has 2 aliphatic rings. The Morgan fingerprint density at radius 3 is 1.41 bits per heavy atom. The van der Waals surface area contributed by atoms with Gasteiger partial charge in [-0.2, -0.15) is 0 Å². The monoisotopic (exact) mass is 488 g/mol. The Labute approximate surface area is 214 Å². The van der Waals surface area contributed by atoms with Gasteiger partial charge in [-0.25, -0.2) is 0 Å². The number of hydrogen-bond donors (Lipinski definition) is 0. The predicted octanol–water partition coefficient (Wildman–Crippen LogP) is 4.83. The summed E-state index contributed by atoms with van der Waals surface area (Å²) in [5.74, 6) is -1.61. The van der Waals surface area contributed by atoms with Crippen LogP contribution in [0.15, 0.2) is 78.9 Å². The SMILES string of the molecule is Cc1cccc(CCN2C(=O)c3ccc4c5c(ccc(c35)C2=O)C(=O)N(CCc2ccccc2)C4=O)c1. The van der Waals surface area contributed by atoms with Crippen LogP contribution in [0.25, 0.3) is 10.8 Å². The Kier molecular flexibility index (Phi) is 5.45. The van der Waals surface area contributed by atoms with Crippen molar-refractivity contribution < 1.29 is 19.2 Å². The van der Waals surface area contributed by atoms with Gasteiger partial charge in [-0.15, -0.1) is 0 Å². The summed E-state index contributed by atoms with van der Waals surface area (Å²) in [6.45, 7) is 2.50. The molecule has 0 spiro atoms. The van der Waals surface area contributed by atoms with E-state index in [0.717, 1.165) is 16.7 Å². The van der Waals surface area contributed by atoms with Crippen LogP contribution in [0, 0.1) is 6.92 Å². The molecule has 0 saturated heterocycles. The van der Waals surface area contributed by atoms with Gasteiger partial charge in [0.05, 0.1) is 0 Å². The van der Waals surface area contributed by atoms with Crippen LogP contribution in [0.3, 0.4) is 0 Å². The van der Waals surface area contributed by atoms with Gasteiger partial charge in [-0.1, -0.05) is 60.2 Å². The van der Waals surface area contributed by atoms with Crippen LogP contribution in [0.2, 0.25) is 0 Å². The van der Waals surface area contributed by atoms with Crippen molar-refractivity contribution in [3.8, 4) is 0 Å². The Balaban J connectivity index is 1.34. The zero-order chi connectivity index (χ0) is 25.7. The van der Waals surface area contributed by atoms with Crippen molar-refractivity contribution >= 4 is 34.4 Å². The molecular formula is C31H24N2O4. The van der Waals surface area contributed by atoms with Crippen molar-refractivity contribution in [2.45, 2.75) is 19.8 Å². The van der Waals surface area contributed by atoms with Gasteiger partial charge in [0, 0.05) is 46.1 Å².